The molecule has 21 heavy (non-hydrogen) atoms. The predicted octanol–water partition coefficient (Wildman–Crippen LogP) is 2.80. The maximum Gasteiger partial charge on any atom is 0.305 e. The second-order valence-corrected chi connectivity index (χ2v) is 5.08. The molecule has 1 N–H and O–H groups in total. The molecular weight excluding hydrogens is 266 g/mol. The van der Waals surface area contributed by atoms with E-state index in [1.165, 1.54) is 0 Å². The summed E-state index contributed by atoms with van der Waals surface area (Å²) < 4.78 is 0. The van der Waals surface area contributed by atoms with Crippen LogP contribution in [0.25, 0.3) is 10.9 Å². The van der Waals surface area contributed by atoms with E-state index in [9.17, 15) is 10.1 Å². The molecule has 0 radical (unpaired) electrons. The summed E-state index contributed by atoms with van der Waals surface area (Å²) >= 11 is 0. The summed E-state index contributed by atoms with van der Waals surface area (Å²) in [5, 5.41) is 19.2. The Balaban J connectivity index is 2.59. The Morgan fingerprint density at radius 2 is 2.14 bits per heavy atom. The largest absolute Gasteiger partial charge is 0.481 e. The van der Waals surface area contributed by atoms with E-state index in [0.717, 1.165) is 16.6 Å². The number of carboxylic acid groups (broad SMARTS) is 1. The Morgan fingerprint density at radius 1 is 1.43 bits per heavy atom. The molecule has 0 saturated carbocycles. The quantitative estimate of drug-likeness (QED) is 0.913. The predicted molar refractivity (Wildman–Crippen MR) is 81.2 cm³/mol. The van der Waals surface area contributed by atoms with Crippen molar-refractivity contribution in [2.45, 2.75) is 26.3 Å². The lowest BCUT2D eigenvalue weighted by Gasteiger charge is -2.30. The molecule has 1 heterocycles. The fourth-order valence-corrected chi connectivity index (χ4v) is 2.36. The average Bonchev–Trinajstić information content (AvgIpc) is 2.46. The van der Waals surface area contributed by atoms with Gasteiger partial charge in [0.15, 0.2) is 0 Å². The minimum absolute atomic E-state index is 0.0275. The van der Waals surface area contributed by atoms with Gasteiger partial charge in [0.2, 0.25) is 0 Å². The second kappa shape index (κ2) is 6.23. The van der Waals surface area contributed by atoms with Gasteiger partial charge < -0.3 is 10.0 Å². The lowest BCUT2D eigenvalue weighted by atomic mass is 10.1. The highest BCUT2D eigenvalue weighted by atomic mass is 16.4. The Morgan fingerprint density at radius 3 is 2.76 bits per heavy atom. The molecule has 0 spiro atoms. The van der Waals surface area contributed by atoms with Crippen molar-refractivity contribution in [2.75, 3.05) is 11.4 Å². The van der Waals surface area contributed by atoms with E-state index < -0.39 is 5.97 Å². The van der Waals surface area contributed by atoms with Gasteiger partial charge in [-0.05, 0) is 19.9 Å². The van der Waals surface area contributed by atoms with Crippen molar-refractivity contribution in [2.24, 2.45) is 0 Å². The molecule has 0 bridgehead atoms. The molecule has 0 aliphatic rings. The van der Waals surface area contributed by atoms with E-state index >= 15 is 0 Å². The summed E-state index contributed by atoms with van der Waals surface area (Å²) in [6.07, 6.45) is 1.58. The van der Waals surface area contributed by atoms with Crippen LogP contribution in [0.3, 0.4) is 0 Å². The fourth-order valence-electron chi connectivity index (χ4n) is 2.36. The zero-order valence-corrected chi connectivity index (χ0v) is 12.1. The topological polar surface area (TPSA) is 77.2 Å². The molecule has 0 aliphatic carbocycles. The van der Waals surface area contributed by atoms with E-state index in [-0.39, 0.29) is 12.5 Å². The monoisotopic (exact) mass is 283 g/mol. The maximum atomic E-state index is 10.9. The molecule has 1 aromatic heterocycles. The third-order valence-corrected chi connectivity index (χ3v) is 3.34. The number of para-hydroxylation sites is 1. The van der Waals surface area contributed by atoms with Gasteiger partial charge in [0.1, 0.15) is 6.07 Å². The first-order valence-electron chi connectivity index (χ1n) is 6.81. The Kier molecular flexibility index (Phi) is 4.39. The number of aromatic nitrogens is 1. The lowest BCUT2D eigenvalue weighted by Crippen LogP contribution is -2.33. The minimum atomic E-state index is -0.850. The van der Waals surface area contributed by atoms with Crippen molar-refractivity contribution in [3.8, 4) is 6.07 Å². The van der Waals surface area contributed by atoms with E-state index in [1.807, 2.05) is 43.0 Å². The number of carbonyl (C=O) groups is 1. The standard InChI is InChI=1S/C16H17N3O2/c1-11(2)19(8-7-15(20)21)16-12(9-17)10-18-14-6-4-3-5-13(14)16/h3-6,10-11H,7-8H2,1-2H3,(H,20,21). The average molecular weight is 283 g/mol. The Bertz CT molecular complexity index is 704. The molecule has 5 heteroatoms. The highest BCUT2D eigenvalue weighted by Crippen LogP contribution is 2.30. The van der Waals surface area contributed by atoms with Crippen LogP contribution in [-0.4, -0.2) is 28.6 Å². The number of hydrogen-bond acceptors (Lipinski definition) is 4. The zero-order valence-electron chi connectivity index (χ0n) is 12.1. The van der Waals surface area contributed by atoms with Crippen LogP contribution < -0.4 is 4.90 Å². The smallest absolute Gasteiger partial charge is 0.305 e. The molecule has 2 aromatic rings. The van der Waals surface area contributed by atoms with Crippen molar-refractivity contribution < 1.29 is 9.90 Å². The molecular formula is C16H17N3O2. The van der Waals surface area contributed by atoms with Gasteiger partial charge in [0, 0.05) is 24.2 Å². The number of anilines is 1. The summed E-state index contributed by atoms with van der Waals surface area (Å²) in [4.78, 5) is 17.1. The number of benzene rings is 1. The molecule has 0 amide bonds. The van der Waals surface area contributed by atoms with Crippen LogP contribution in [0.5, 0.6) is 0 Å². The highest BCUT2D eigenvalue weighted by Gasteiger charge is 2.19. The molecule has 0 saturated heterocycles. The number of pyridine rings is 1. The first-order valence-corrected chi connectivity index (χ1v) is 6.81. The van der Waals surface area contributed by atoms with Gasteiger partial charge in [-0.15, -0.1) is 0 Å². The molecule has 1 aromatic carbocycles. The van der Waals surface area contributed by atoms with E-state index in [4.69, 9.17) is 5.11 Å². The summed E-state index contributed by atoms with van der Waals surface area (Å²) in [6, 6.07) is 9.82. The van der Waals surface area contributed by atoms with Gasteiger partial charge in [0.05, 0.1) is 23.2 Å². The number of fused-ring (bicyclic) bond motifs is 1. The molecule has 2 rings (SSSR count). The van der Waals surface area contributed by atoms with Crippen molar-refractivity contribution in [3.05, 3.63) is 36.0 Å². The van der Waals surface area contributed by atoms with Crippen molar-refractivity contribution >= 4 is 22.6 Å². The molecule has 0 fully saturated rings. The third kappa shape index (κ3) is 3.11. The van der Waals surface area contributed by atoms with Gasteiger partial charge in [-0.25, -0.2) is 0 Å². The van der Waals surface area contributed by atoms with Gasteiger partial charge >= 0.3 is 5.97 Å². The van der Waals surface area contributed by atoms with Crippen LogP contribution in [-0.2, 0) is 4.79 Å². The first-order chi connectivity index (χ1) is 10.0. The first kappa shape index (κ1) is 14.8. The van der Waals surface area contributed by atoms with Crippen LogP contribution in [0.15, 0.2) is 30.5 Å². The van der Waals surface area contributed by atoms with Crippen LogP contribution >= 0.6 is 0 Å². The maximum absolute atomic E-state index is 10.9. The normalized spacial score (nSPS) is 10.6. The summed E-state index contributed by atoms with van der Waals surface area (Å²) in [7, 11) is 0. The van der Waals surface area contributed by atoms with Crippen LogP contribution in [0, 0.1) is 11.3 Å². The number of hydrogen-bond donors (Lipinski definition) is 1. The second-order valence-electron chi connectivity index (χ2n) is 5.08. The van der Waals surface area contributed by atoms with Gasteiger partial charge in [-0.2, -0.15) is 5.26 Å². The molecule has 5 nitrogen and oxygen atoms in total. The van der Waals surface area contributed by atoms with Crippen LogP contribution in [0.2, 0.25) is 0 Å². The zero-order chi connectivity index (χ0) is 15.4. The number of rotatable bonds is 5. The highest BCUT2D eigenvalue weighted by molar-refractivity contribution is 5.94. The van der Waals surface area contributed by atoms with E-state index in [0.29, 0.717) is 12.1 Å². The minimum Gasteiger partial charge on any atom is -0.481 e. The van der Waals surface area contributed by atoms with Gasteiger partial charge in [-0.1, -0.05) is 18.2 Å². The number of nitriles is 1. The summed E-state index contributed by atoms with van der Waals surface area (Å²) in [6.45, 7) is 4.33. The number of nitrogens with zero attached hydrogens (tertiary/aromatic N) is 3. The van der Waals surface area contributed by atoms with Crippen molar-refractivity contribution in [3.63, 3.8) is 0 Å². The summed E-state index contributed by atoms with van der Waals surface area (Å²) in [5.41, 5.74) is 2.03. The Labute approximate surface area is 123 Å². The molecule has 0 aliphatic heterocycles. The van der Waals surface area contributed by atoms with Crippen molar-refractivity contribution in [1.82, 2.24) is 4.98 Å². The van der Waals surface area contributed by atoms with Crippen LogP contribution in [0.4, 0.5) is 5.69 Å². The SMILES string of the molecule is CC(C)N(CCC(=O)O)c1c(C#N)cnc2ccccc12. The van der Waals surface area contributed by atoms with E-state index in [2.05, 4.69) is 11.1 Å². The summed E-state index contributed by atoms with van der Waals surface area (Å²) in [5.74, 6) is -0.850. The van der Waals surface area contributed by atoms with Gasteiger partial charge in [-0.3, -0.25) is 9.78 Å². The fraction of sp³-hybridized carbons (Fsp3) is 0.312. The van der Waals surface area contributed by atoms with Crippen LogP contribution in [0.1, 0.15) is 25.8 Å². The van der Waals surface area contributed by atoms with E-state index in [1.54, 1.807) is 6.20 Å². The lowest BCUT2D eigenvalue weighted by molar-refractivity contribution is -0.136. The third-order valence-electron chi connectivity index (χ3n) is 3.34. The molecule has 0 unspecified atom stereocenters. The Hall–Kier alpha value is -2.61. The van der Waals surface area contributed by atoms with Crippen molar-refractivity contribution in [1.29, 1.82) is 5.26 Å². The number of carboxylic acids is 1. The number of aliphatic carboxylic acids is 1. The molecule has 108 valence electrons. The van der Waals surface area contributed by atoms with Gasteiger partial charge in [0.25, 0.3) is 0 Å². The molecule has 0 atom stereocenters.